The first kappa shape index (κ1) is 17.6. The molecule has 1 amide bonds. The second kappa shape index (κ2) is 7.23. The van der Waals surface area contributed by atoms with Gasteiger partial charge in [0.1, 0.15) is 11.4 Å². The first-order valence-electron chi connectivity index (χ1n) is 7.47. The Balaban J connectivity index is 2.50. The Bertz CT molecular complexity index is 712. The quantitative estimate of drug-likeness (QED) is 0.811. The van der Waals surface area contributed by atoms with E-state index in [9.17, 15) is 4.79 Å². The van der Waals surface area contributed by atoms with Gasteiger partial charge in [-0.15, -0.1) is 11.3 Å². The van der Waals surface area contributed by atoms with Crippen LogP contribution < -0.4 is 4.74 Å². The van der Waals surface area contributed by atoms with Gasteiger partial charge in [0.25, 0.3) is 5.91 Å². The van der Waals surface area contributed by atoms with Gasteiger partial charge < -0.3 is 14.4 Å². The molecule has 0 radical (unpaired) electrons. The van der Waals surface area contributed by atoms with E-state index in [-0.39, 0.29) is 5.91 Å². The number of carbonyl (C=O) groups is 1. The van der Waals surface area contributed by atoms with Gasteiger partial charge in [-0.3, -0.25) is 4.79 Å². The maximum atomic E-state index is 12.7. The van der Waals surface area contributed by atoms with Gasteiger partial charge in [-0.1, -0.05) is 13.8 Å². The number of aromatic nitrogens is 2. The number of hydrogen-bond donors (Lipinski definition) is 0. The van der Waals surface area contributed by atoms with Crippen molar-refractivity contribution < 1.29 is 14.3 Å². The van der Waals surface area contributed by atoms with Crippen LogP contribution in [-0.4, -0.2) is 48.6 Å². The van der Waals surface area contributed by atoms with Gasteiger partial charge >= 0.3 is 0 Å². The predicted molar refractivity (Wildman–Crippen MR) is 91.2 cm³/mol. The Kier molecular flexibility index (Phi) is 5.54. The highest BCUT2D eigenvalue weighted by Crippen LogP contribution is 2.35. The van der Waals surface area contributed by atoms with Gasteiger partial charge in [-0.05, 0) is 18.4 Å². The number of carbonyl (C=O) groups excluding carboxylic acids is 1. The first-order chi connectivity index (χ1) is 10.9. The van der Waals surface area contributed by atoms with E-state index < -0.39 is 0 Å². The first-order valence-corrected chi connectivity index (χ1v) is 8.29. The molecule has 0 atom stereocenters. The summed E-state index contributed by atoms with van der Waals surface area (Å²) in [5.41, 5.74) is 0.867. The monoisotopic (exact) mass is 337 g/mol. The van der Waals surface area contributed by atoms with Gasteiger partial charge in [0.15, 0.2) is 5.82 Å². The number of rotatable bonds is 6. The van der Waals surface area contributed by atoms with Crippen molar-refractivity contribution >= 4 is 27.5 Å². The fourth-order valence-electron chi connectivity index (χ4n) is 2.49. The normalized spacial score (nSPS) is 11.3. The van der Waals surface area contributed by atoms with Crippen molar-refractivity contribution in [2.45, 2.75) is 27.4 Å². The highest BCUT2D eigenvalue weighted by molar-refractivity contribution is 7.20. The van der Waals surface area contributed by atoms with Crippen LogP contribution in [0.4, 0.5) is 0 Å². The van der Waals surface area contributed by atoms with E-state index in [1.807, 2.05) is 14.0 Å². The molecule has 7 heteroatoms. The van der Waals surface area contributed by atoms with Gasteiger partial charge in [0, 0.05) is 20.7 Å². The van der Waals surface area contributed by atoms with E-state index in [0.717, 1.165) is 15.8 Å². The highest BCUT2D eigenvalue weighted by atomic mass is 32.1. The van der Waals surface area contributed by atoms with Crippen LogP contribution in [0.1, 0.15) is 34.9 Å². The molecule has 126 valence electrons. The Morgan fingerprint density at radius 1 is 1.30 bits per heavy atom. The average molecular weight is 337 g/mol. The lowest BCUT2D eigenvalue weighted by Crippen LogP contribution is -2.30. The van der Waals surface area contributed by atoms with E-state index in [1.165, 1.54) is 11.3 Å². The van der Waals surface area contributed by atoms with Crippen molar-refractivity contribution in [3.63, 3.8) is 0 Å². The number of hydrogen-bond acceptors (Lipinski definition) is 6. The fourth-order valence-corrected chi connectivity index (χ4v) is 3.68. The molecule has 0 aliphatic rings. The van der Waals surface area contributed by atoms with Crippen molar-refractivity contribution in [2.75, 3.05) is 27.8 Å². The Labute approximate surface area is 140 Å². The lowest BCUT2D eigenvalue weighted by atomic mass is 10.1. The predicted octanol–water partition coefficient (Wildman–Crippen LogP) is 2.88. The van der Waals surface area contributed by atoms with Crippen molar-refractivity contribution in [1.82, 2.24) is 14.9 Å². The summed E-state index contributed by atoms with van der Waals surface area (Å²) in [4.78, 5) is 24.7. The summed E-state index contributed by atoms with van der Waals surface area (Å²) in [7, 11) is 4.99. The van der Waals surface area contributed by atoms with Crippen LogP contribution in [0, 0.1) is 12.8 Å². The third-order valence-corrected chi connectivity index (χ3v) is 4.62. The molecule has 6 nitrogen and oxygen atoms in total. The number of nitrogens with zero attached hydrogens (tertiary/aromatic N) is 3. The molecule has 2 rings (SSSR count). The summed E-state index contributed by atoms with van der Waals surface area (Å²) in [5.74, 6) is 1.46. The fraction of sp³-hybridized carbons (Fsp3) is 0.562. The lowest BCUT2D eigenvalue weighted by molar-refractivity contribution is 0.0783. The maximum absolute atomic E-state index is 12.7. The molecule has 0 aliphatic carbocycles. The molecule has 0 aliphatic heterocycles. The standard InChI is InChI=1S/C16H23N3O3S/c1-9(2)7-19(4)16(20)13-10(3)12-14(22-6)17-11(8-21-5)18-15(12)23-13/h9H,7-8H2,1-6H3. The van der Waals surface area contributed by atoms with Crippen LogP contribution in [0.5, 0.6) is 5.88 Å². The van der Waals surface area contributed by atoms with Crippen molar-refractivity contribution in [3.8, 4) is 5.88 Å². The summed E-state index contributed by atoms with van der Waals surface area (Å²) < 4.78 is 10.5. The Hall–Kier alpha value is -1.73. The minimum atomic E-state index is 0.00884. The zero-order chi connectivity index (χ0) is 17.1. The molecule has 0 bridgehead atoms. The van der Waals surface area contributed by atoms with E-state index in [4.69, 9.17) is 9.47 Å². The SMILES string of the molecule is COCc1nc(OC)c2c(C)c(C(=O)N(C)CC(C)C)sc2n1. The molecule has 0 unspecified atom stereocenters. The molecule has 0 N–H and O–H groups in total. The second-order valence-corrected chi connectivity index (χ2v) is 6.90. The zero-order valence-corrected chi connectivity index (χ0v) is 15.3. The van der Waals surface area contributed by atoms with Gasteiger partial charge in [0.2, 0.25) is 5.88 Å². The number of ether oxygens (including phenoxy) is 2. The van der Waals surface area contributed by atoms with Crippen LogP contribution in [0.25, 0.3) is 10.2 Å². The molecule has 0 saturated heterocycles. The third-order valence-electron chi connectivity index (χ3n) is 3.45. The lowest BCUT2D eigenvalue weighted by Gasteiger charge is -2.18. The minimum Gasteiger partial charge on any atom is -0.480 e. The molecular formula is C16H23N3O3S. The number of fused-ring (bicyclic) bond motifs is 1. The van der Waals surface area contributed by atoms with Crippen LogP contribution in [0.3, 0.4) is 0 Å². The average Bonchev–Trinajstić information content (AvgIpc) is 2.82. The van der Waals surface area contributed by atoms with Crippen LogP contribution in [-0.2, 0) is 11.3 Å². The van der Waals surface area contributed by atoms with Crippen molar-refractivity contribution in [1.29, 1.82) is 0 Å². The molecule has 0 aromatic carbocycles. The van der Waals surface area contributed by atoms with E-state index in [2.05, 4.69) is 23.8 Å². The van der Waals surface area contributed by atoms with E-state index >= 15 is 0 Å². The topological polar surface area (TPSA) is 64.6 Å². The van der Waals surface area contributed by atoms with Crippen LogP contribution in [0.15, 0.2) is 0 Å². The molecular weight excluding hydrogens is 314 g/mol. The number of amides is 1. The number of aryl methyl sites for hydroxylation is 1. The van der Waals surface area contributed by atoms with Crippen LogP contribution >= 0.6 is 11.3 Å². The van der Waals surface area contributed by atoms with Crippen LogP contribution in [0.2, 0.25) is 0 Å². The maximum Gasteiger partial charge on any atom is 0.264 e. The molecule has 2 aromatic rings. The van der Waals surface area contributed by atoms with Gasteiger partial charge in [-0.25, -0.2) is 4.98 Å². The molecule has 2 aromatic heterocycles. The van der Waals surface area contributed by atoms with Crippen molar-refractivity contribution in [2.24, 2.45) is 5.92 Å². The largest absolute Gasteiger partial charge is 0.480 e. The van der Waals surface area contributed by atoms with E-state index in [1.54, 1.807) is 19.1 Å². The Morgan fingerprint density at radius 2 is 2.00 bits per heavy atom. The summed E-state index contributed by atoms with van der Waals surface area (Å²) in [5, 5.41) is 0.804. The molecule has 23 heavy (non-hydrogen) atoms. The summed E-state index contributed by atoms with van der Waals surface area (Å²) >= 11 is 1.38. The second-order valence-electron chi connectivity index (χ2n) is 5.90. The molecule has 2 heterocycles. The highest BCUT2D eigenvalue weighted by Gasteiger charge is 2.23. The number of thiophene rings is 1. The summed E-state index contributed by atoms with van der Waals surface area (Å²) in [6.45, 7) is 7.11. The zero-order valence-electron chi connectivity index (χ0n) is 14.5. The van der Waals surface area contributed by atoms with Gasteiger partial charge in [0.05, 0.1) is 17.4 Å². The molecule has 0 spiro atoms. The van der Waals surface area contributed by atoms with Gasteiger partial charge in [-0.2, -0.15) is 4.98 Å². The molecule has 0 saturated carbocycles. The van der Waals surface area contributed by atoms with Crippen molar-refractivity contribution in [3.05, 3.63) is 16.3 Å². The Morgan fingerprint density at radius 3 is 2.57 bits per heavy atom. The summed E-state index contributed by atoms with van der Waals surface area (Å²) in [6.07, 6.45) is 0. The molecule has 0 fully saturated rings. The van der Waals surface area contributed by atoms with E-state index in [0.29, 0.717) is 35.7 Å². The summed E-state index contributed by atoms with van der Waals surface area (Å²) in [6, 6.07) is 0. The third kappa shape index (κ3) is 3.61. The number of methoxy groups -OCH3 is 2. The minimum absolute atomic E-state index is 0.00884. The smallest absolute Gasteiger partial charge is 0.264 e.